The molecule has 0 radical (unpaired) electrons. The van der Waals surface area contributed by atoms with Crippen LogP contribution >= 0.6 is 0 Å². The van der Waals surface area contributed by atoms with Gasteiger partial charge in [0.25, 0.3) is 0 Å². The molecule has 1 fully saturated rings. The minimum Gasteiger partial charge on any atom is -0.379 e. The Hall–Kier alpha value is -1.64. The highest BCUT2D eigenvalue weighted by Gasteiger charge is 2.11. The van der Waals surface area contributed by atoms with Gasteiger partial charge in [-0.1, -0.05) is 0 Å². The van der Waals surface area contributed by atoms with Crippen LogP contribution in [0.1, 0.15) is 0 Å². The van der Waals surface area contributed by atoms with Crippen LogP contribution < -0.4 is 22.4 Å². The van der Waals surface area contributed by atoms with Crippen molar-refractivity contribution < 1.29 is 4.74 Å². The molecule has 0 unspecified atom stereocenters. The summed E-state index contributed by atoms with van der Waals surface area (Å²) in [7, 11) is 0. The van der Waals surface area contributed by atoms with E-state index in [1.54, 1.807) is 6.07 Å². The quantitative estimate of drug-likeness (QED) is 0.382. The third-order valence-corrected chi connectivity index (χ3v) is 2.18. The van der Waals surface area contributed by atoms with Gasteiger partial charge in [-0.15, -0.1) is 0 Å². The minimum absolute atomic E-state index is 0.172. The normalized spacial score (nSPS) is 17.1. The molecule has 1 aliphatic heterocycles. The van der Waals surface area contributed by atoms with Gasteiger partial charge in [-0.2, -0.15) is 9.97 Å². The van der Waals surface area contributed by atoms with Crippen LogP contribution in [0.25, 0.3) is 0 Å². The number of hydrogen-bond acceptors (Lipinski definition) is 8. The highest BCUT2D eigenvalue weighted by Crippen LogP contribution is 2.12. The number of hydrogen-bond donors (Lipinski definition) is 4. The number of hydrazine groups is 2. The molecule has 0 saturated carbocycles. The van der Waals surface area contributed by atoms with E-state index in [9.17, 15) is 0 Å². The summed E-state index contributed by atoms with van der Waals surface area (Å²) in [6.07, 6.45) is 0. The number of nitrogens with one attached hydrogen (secondary N) is 2. The lowest BCUT2D eigenvalue weighted by Crippen LogP contribution is -2.40. The largest absolute Gasteiger partial charge is 0.379 e. The van der Waals surface area contributed by atoms with E-state index in [2.05, 4.69) is 20.8 Å². The molecular formula is C8H15N7O. The Labute approximate surface area is 92.9 Å². The zero-order chi connectivity index (χ0) is 11.4. The molecule has 1 aromatic heterocycles. The standard InChI is InChI=1S/C8H15N7O/c9-8-11-6(13-10)5-7(12-8)14-15-1-3-16-4-2-15/h5H,1-4,10H2,(H4,9,11,12,13,14). The predicted molar refractivity (Wildman–Crippen MR) is 60.3 cm³/mol. The van der Waals surface area contributed by atoms with Crippen molar-refractivity contribution in [1.29, 1.82) is 0 Å². The Kier molecular flexibility index (Phi) is 3.34. The average Bonchev–Trinajstić information content (AvgIpc) is 2.29. The first-order valence-corrected chi connectivity index (χ1v) is 4.98. The van der Waals surface area contributed by atoms with Crippen LogP contribution in [-0.4, -0.2) is 41.3 Å². The summed E-state index contributed by atoms with van der Waals surface area (Å²) in [5.74, 6) is 6.52. The third-order valence-electron chi connectivity index (χ3n) is 2.18. The molecule has 0 atom stereocenters. The number of ether oxygens (including phenoxy) is 1. The van der Waals surface area contributed by atoms with E-state index < -0.39 is 0 Å². The molecular weight excluding hydrogens is 210 g/mol. The lowest BCUT2D eigenvalue weighted by Gasteiger charge is -2.27. The molecule has 0 spiro atoms. The number of rotatable bonds is 3. The summed E-state index contributed by atoms with van der Waals surface area (Å²) in [6, 6.07) is 1.69. The summed E-state index contributed by atoms with van der Waals surface area (Å²) in [4.78, 5) is 7.95. The lowest BCUT2D eigenvalue weighted by molar-refractivity contribution is 0.0495. The smallest absolute Gasteiger partial charge is 0.224 e. The van der Waals surface area contributed by atoms with Crippen molar-refractivity contribution in [3.63, 3.8) is 0 Å². The van der Waals surface area contributed by atoms with Crippen LogP contribution in [0.4, 0.5) is 17.6 Å². The van der Waals surface area contributed by atoms with Gasteiger partial charge in [0.1, 0.15) is 11.6 Å². The third kappa shape index (κ3) is 2.69. The van der Waals surface area contributed by atoms with Gasteiger partial charge in [0.2, 0.25) is 5.95 Å². The van der Waals surface area contributed by atoms with Crippen LogP contribution in [0.5, 0.6) is 0 Å². The molecule has 8 heteroatoms. The van der Waals surface area contributed by atoms with Gasteiger partial charge in [-0.25, -0.2) is 10.9 Å². The van der Waals surface area contributed by atoms with E-state index in [1.165, 1.54) is 0 Å². The second kappa shape index (κ2) is 4.92. The van der Waals surface area contributed by atoms with Crippen molar-refractivity contribution in [3.05, 3.63) is 6.07 Å². The summed E-state index contributed by atoms with van der Waals surface area (Å²) < 4.78 is 5.23. The fraction of sp³-hybridized carbons (Fsp3) is 0.500. The summed E-state index contributed by atoms with van der Waals surface area (Å²) in [5, 5.41) is 2.01. The Morgan fingerprint density at radius 3 is 2.62 bits per heavy atom. The molecule has 0 bridgehead atoms. The maximum Gasteiger partial charge on any atom is 0.224 e. The van der Waals surface area contributed by atoms with Crippen molar-refractivity contribution in [2.45, 2.75) is 0 Å². The van der Waals surface area contributed by atoms with Gasteiger partial charge in [-0.05, 0) is 0 Å². The molecule has 1 aromatic rings. The number of anilines is 3. The second-order valence-corrected chi connectivity index (χ2v) is 3.35. The molecule has 8 nitrogen and oxygen atoms in total. The first-order chi connectivity index (χ1) is 7.78. The summed E-state index contributed by atoms with van der Waals surface area (Å²) >= 11 is 0. The van der Waals surface area contributed by atoms with Crippen molar-refractivity contribution in [3.8, 4) is 0 Å². The van der Waals surface area contributed by atoms with Crippen LogP contribution in [0.2, 0.25) is 0 Å². The molecule has 88 valence electrons. The summed E-state index contributed by atoms with van der Waals surface area (Å²) in [6.45, 7) is 3.01. The Bertz CT molecular complexity index is 352. The molecule has 16 heavy (non-hydrogen) atoms. The molecule has 1 saturated heterocycles. The SMILES string of the molecule is NNc1cc(NN2CCOCC2)nc(N)n1. The maximum absolute atomic E-state index is 5.54. The predicted octanol–water partition coefficient (Wildman–Crippen LogP) is -0.996. The molecule has 0 aromatic carbocycles. The van der Waals surface area contributed by atoms with Crippen LogP contribution in [0.3, 0.4) is 0 Å². The Morgan fingerprint density at radius 1 is 1.25 bits per heavy atom. The monoisotopic (exact) mass is 225 g/mol. The average molecular weight is 225 g/mol. The second-order valence-electron chi connectivity index (χ2n) is 3.35. The minimum atomic E-state index is 0.172. The molecule has 6 N–H and O–H groups in total. The first kappa shape index (κ1) is 10.9. The van der Waals surface area contributed by atoms with E-state index in [0.717, 1.165) is 13.1 Å². The van der Waals surface area contributed by atoms with E-state index in [0.29, 0.717) is 24.8 Å². The van der Waals surface area contributed by atoms with Gasteiger partial charge < -0.3 is 21.3 Å². The Morgan fingerprint density at radius 2 is 1.94 bits per heavy atom. The van der Waals surface area contributed by atoms with Crippen molar-refractivity contribution in [2.75, 3.05) is 42.9 Å². The Balaban J connectivity index is 2.04. The molecule has 2 rings (SSSR count). The van der Waals surface area contributed by atoms with Gasteiger partial charge in [0, 0.05) is 19.2 Å². The van der Waals surface area contributed by atoms with Crippen LogP contribution in [-0.2, 0) is 4.74 Å². The van der Waals surface area contributed by atoms with E-state index in [-0.39, 0.29) is 5.95 Å². The summed E-state index contributed by atoms with van der Waals surface area (Å²) in [5.41, 5.74) is 11.1. The number of nitrogens with zero attached hydrogens (tertiary/aromatic N) is 3. The van der Waals surface area contributed by atoms with E-state index in [4.69, 9.17) is 16.3 Å². The van der Waals surface area contributed by atoms with Gasteiger partial charge in [0.05, 0.1) is 13.2 Å². The number of nitrogens with two attached hydrogens (primary N) is 2. The lowest BCUT2D eigenvalue weighted by atomic mass is 10.5. The zero-order valence-corrected chi connectivity index (χ0v) is 8.81. The van der Waals surface area contributed by atoms with Crippen molar-refractivity contribution >= 4 is 17.6 Å². The molecule has 0 amide bonds. The van der Waals surface area contributed by atoms with E-state index >= 15 is 0 Å². The van der Waals surface area contributed by atoms with Gasteiger partial charge in [-0.3, -0.25) is 0 Å². The van der Waals surface area contributed by atoms with Gasteiger partial charge in [0.15, 0.2) is 0 Å². The van der Waals surface area contributed by atoms with Crippen LogP contribution in [0, 0.1) is 0 Å². The number of aromatic nitrogens is 2. The topological polar surface area (TPSA) is 114 Å². The van der Waals surface area contributed by atoms with Crippen LogP contribution in [0.15, 0.2) is 6.07 Å². The van der Waals surface area contributed by atoms with E-state index in [1.807, 2.05) is 5.01 Å². The highest BCUT2D eigenvalue weighted by molar-refractivity contribution is 5.49. The molecule has 2 heterocycles. The zero-order valence-electron chi connectivity index (χ0n) is 8.81. The van der Waals surface area contributed by atoms with Gasteiger partial charge >= 0.3 is 0 Å². The maximum atomic E-state index is 5.54. The fourth-order valence-electron chi connectivity index (χ4n) is 1.43. The first-order valence-electron chi connectivity index (χ1n) is 4.98. The van der Waals surface area contributed by atoms with Crippen molar-refractivity contribution in [1.82, 2.24) is 15.0 Å². The molecule has 1 aliphatic rings. The number of nitrogen functional groups attached to an aromatic ring is 2. The highest BCUT2D eigenvalue weighted by atomic mass is 16.5. The van der Waals surface area contributed by atoms with Crippen molar-refractivity contribution in [2.24, 2.45) is 5.84 Å². The molecule has 0 aliphatic carbocycles. The number of morpholine rings is 1. The fourth-order valence-corrected chi connectivity index (χ4v) is 1.43.